The van der Waals surface area contributed by atoms with Gasteiger partial charge in [-0.25, -0.2) is 0 Å². The number of esters is 1. The lowest BCUT2D eigenvalue weighted by Gasteiger charge is -2.07. The number of carbonyl (C=O) groups excluding carboxylic acids is 1. The van der Waals surface area contributed by atoms with Gasteiger partial charge in [0, 0.05) is 5.56 Å². The van der Waals surface area contributed by atoms with E-state index in [4.69, 9.17) is 14.9 Å². The van der Waals surface area contributed by atoms with Crippen molar-refractivity contribution >= 4 is 5.97 Å². The minimum atomic E-state index is -0.475. The molecule has 0 unspecified atom stereocenters. The molecule has 2 rings (SSSR count). The number of rotatable bonds is 5. The molecule has 0 amide bonds. The molecule has 0 saturated carbocycles. The summed E-state index contributed by atoms with van der Waals surface area (Å²) in [5.74, 6) is 1.02. The van der Waals surface area contributed by atoms with Gasteiger partial charge >= 0.3 is 5.97 Å². The molecule has 0 aliphatic carbocycles. The average Bonchev–Trinajstić information content (AvgIpc) is 2.89. The number of ether oxygens (including phenoxy) is 1. The predicted molar refractivity (Wildman–Crippen MR) is 72.3 cm³/mol. The van der Waals surface area contributed by atoms with Gasteiger partial charge in [-0.3, -0.25) is 4.79 Å². The first-order valence-electron chi connectivity index (χ1n) is 6.27. The number of benzene rings is 1. The van der Waals surface area contributed by atoms with Crippen molar-refractivity contribution in [2.75, 3.05) is 6.61 Å². The Hall–Kier alpha value is -2.07. The summed E-state index contributed by atoms with van der Waals surface area (Å²) in [6, 6.07) is 12.9. The van der Waals surface area contributed by atoms with Crippen LogP contribution in [0.4, 0.5) is 0 Å². The highest BCUT2D eigenvalue weighted by atomic mass is 16.5. The summed E-state index contributed by atoms with van der Waals surface area (Å²) in [4.78, 5) is 11.4. The Kier molecular flexibility index (Phi) is 4.36. The zero-order chi connectivity index (χ0) is 13.7. The highest BCUT2D eigenvalue weighted by molar-refractivity contribution is 5.70. The first-order valence-corrected chi connectivity index (χ1v) is 6.27. The van der Waals surface area contributed by atoms with Gasteiger partial charge < -0.3 is 14.9 Å². The normalized spacial score (nSPS) is 12.1. The molecule has 0 aliphatic heterocycles. The van der Waals surface area contributed by atoms with Crippen molar-refractivity contribution in [2.45, 2.75) is 19.4 Å². The van der Waals surface area contributed by atoms with Crippen LogP contribution in [0, 0.1) is 0 Å². The third-order valence-electron chi connectivity index (χ3n) is 2.74. The van der Waals surface area contributed by atoms with Crippen LogP contribution in [0.15, 0.2) is 46.9 Å². The second-order valence-electron chi connectivity index (χ2n) is 4.18. The summed E-state index contributed by atoms with van der Waals surface area (Å²) >= 11 is 0. The van der Waals surface area contributed by atoms with Gasteiger partial charge in [-0.2, -0.15) is 0 Å². The molecule has 19 heavy (non-hydrogen) atoms. The monoisotopic (exact) mass is 259 g/mol. The van der Waals surface area contributed by atoms with Gasteiger partial charge in [-0.15, -0.1) is 0 Å². The van der Waals surface area contributed by atoms with Crippen LogP contribution < -0.4 is 5.73 Å². The Bertz CT molecular complexity index is 533. The molecule has 2 aromatic rings. The minimum Gasteiger partial charge on any atom is -0.466 e. The van der Waals surface area contributed by atoms with Crippen LogP contribution in [0.5, 0.6) is 0 Å². The maximum Gasteiger partial charge on any atom is 0.307 e. The third kappa shape index (κ3) is 3.45. The van der Waals surface area contributed by atoms with E-state index in [2.05, 4.69) is 0 Å². The quantitative estimate of drug-likeness (QED) is 0.838. The standard InChI is InChI=1S/C15H17NO3/c1-2-18-15(17)10-12(16)14-9-8-13(19-14)11-6-4-3-5-7-11/h3-9,12H,2,10,16H2,1H3/t12-/m0/s1. The van der Waals surface area contributed by atoms with Gasteiger partial charge in [0.2, 0.25) is 0 Å². The van der Waals surface area contributed by atoms with E-state index in [1.165, 1.54) is 0 Å². The molecule has 0 bridgehead atoms. The van der Waals surface area contributed by atoms with Crippen molar-refractivity contribution in [2.24, 2.45) is 5.73 Å². The van der Waals surface area contributed by atoms with E-state index in [0.29, 0.717) is 12.4 Å². The molecular weight excluding hydrogens is 242 g/mol. The smallest absolute Gasteiger partial charge is 0.307 e. The Morgan fingerprint density at radius 1 is 1.26 bits per heavy atom. The summed E-state index contributed by atoms with van der Waals surface area (Å²) in [7, 11) is 0. The summed E-state index contributed by atoms with van der Waals surface area (Å²) in [5.41, 5.74) is 6.91. The summed E-state index contributed by atoms with van der Waals surface area (Å²) in [6.45, 7) is 2.13. The van der Waals surface area contributed by atoms with E-state index in [-0.39, 0.29) is 12.4 Å². The van der Waals surface area contributed by atoms with Gasteiger partial charge in [0.25, 0.3) is 0 Å². The van der Waals surface area contributed by atoms with E-state index in [0.717, 1.165) is 11.3 Å². The van der Waals surface area contributed by atoms with Crippen molar-refractivity contribution < 1.29 is 13.9 Å². The SMILES string of the molecule is CCOC(=O)C[C@H](N)c1ccc(-c2ccccc2)o1. The lowest BCUT2D eigenvalue weighted by molar-refractivity contribution is -0.143. The van der Waals surface area contributed by atoms with Gasteiger partial charge in [0.05, 0.1) is 19.1 Å². The molecule has 4 nitrogen and oxygen atoms in total. The lowest BCUT2D eigenvalue weighted by Crippen LogP contribution is -2.16. The molecule has 1 aromatic carbocycles. The van der Waals surface area contributed by atoms with Crippen LogP contribution in [0.25, 0.3) is 11.3 Å². The molecule has 0 aliphatic rings. The Morgan fingerprint density at radius 2 is 2.00 bits per heavy atom. The topological polar surface area (TPSA) is 65.5 Å². The number of carbonyl (C=O) groups is 1. The highest BCUT2D eigenvalue weighted by Gasteiger charge is 2.16. The second kappa shape index (κ2) is 6.20. The maximum absolute atomic E-state index is 11.4. The first-order chi connectivity index (χ1) is 9.20. The lowest BCUT2D eigenvalue weighted by atomic mass is 10.1. The van der Waals surface area contributed by atoms with Crippen LogP contribution in [0.1, 0.15) is 25.1 Å². The number of hydrogen-bond donors (Lipinski definition) is 1. The molecule has 2 N–H and O–H groups in total. The molecule has 0 radical (unpaired) electrons. The maximum atomic E-state index is 11.4. The Labute approximate surface area is 112 Å². The fraction of sp³-hybridized carbons (Fsp3) is 0.267. The molecule has 0 spiro atoms. The van der Waals surface area contributed by atoms with Crippen molar-refractivity contribution in [1.29, 1.82) is 0 Å². The van der Waals surface area contributed by atoms with Crippen molar-refractivity contribution in [3.05, 3.63) is 48.2 Å². The van der Waals surface area contributed by atoms with Gasteiger partial charge in [-0.05, 0) is 19.1 Å². The van der Waals surface area contributed by atoms with E-state index in [9.17, 15) is 4.79 Å². The number of furan rings is 1. The van der Waals surface area contributed by atoms with Crippen molar-refractivity contribution in [3.8, 4) is 11.3 Å². The largest absolute Gasteiger partial charge is 0.466 e. The summed E-state index contributed by atoms with van der Waals surface area (Å²) < 4.78 is 10.5. The zero-order valence-electron chi connectivity index (χ0n) is 10.8. The molecule has 1 atom stereocenters. The highest BCUT2D eigenvalue weighted by Crippen LogP contribution is 2.25. The number of hydrogen-bond acceptors (Lipinski definition) is 4. The molecule has 0 fully saturated rings. The molecular formula is C15H17NO3. The van der Waals surface area contributed by atoms with Gasteiger partial charge in [-0.1, -0.05) is 30.3 Å². The van der Waals surface area contributed by atoms with Crippen LogP contribution in [0.3, 0.4) is 0 Å². The Morgan fingerprint density at radius 3 is 2.68 bits per heavy atom. The molecule has 4 heteroatoms. The minimum absolute atomic E-state index is 0.121. The fourth-order valence-electron chi connectivity index (χ4n) is 1.81. The molecule has 0 saturated heterocycles. The van der Waals surface area contributed by atoms with Crippen molar-refractivity contribution in [1.82, 2.24) is 0 Å². The molecule has 1 heterocycles. The second-order valence-corrected chi connectivity index (χ2v) is 4.18. The van der Waals surface area contributed by atoms with Gasteiger partial charge in [0.1, 0.15) is 11.5 Å². The van der Waals surface area contributed by atoms with E-state index in [1.807, 2.05) is 36.4 Å². The van der Waals surface area contributed by atoms with Crippen molar-refractivity contribution in [3.63, 3.8) is 0 Å². The van der Waals surface area contributed by atoms with Crippen LogP contribution >= 0.6 is 0 Å². The zero-order valence-corrected chi connectivity index (χ0v) is 10.8. The summed E-state index contributed by atoms with van der Waals surface area (Å²) in [6.07, 6.45) is 0.121. The summed E-state index contributed by atoms with van der Waals surface area (Å²) in [5, 5.41) is 0. The number of nitrogens with two attached hydrogens (primary N) is 1. The first kappa shape index (κ1) is 13.4. The van der Waals surface area contributed by atoms with E-state index in [1.54, 1.807) is 13.0 Å². The van der Waals surface area contributed by atoms with Crippen LogP contribution in [0.2, 0.25) is 0 Å². The third-order valence-corrected chi connectivity index (χ3v) is 2.74. The van der Waals surface area contributed by atoms with E-state index >= 15 is 0 Å². The predicted octanol–water partition coefficient (Wildman–Crippen LogP) is 2.90. The van der Waals surface area contributed by atoms with E-state index < -0.39 is 6.04 Å². The fourth-order valence-corrected chi connectivity index (χ4v) is 1.81. The Balaban J connectivity index is 2.07. The average molecular weight is 259 g/mol. The van der Waals surface area contributed by atoms with Gasteiger partial charge in [0.15, 0.2) is 0 Å². The van der Waals surface area contributed by atoms with Crippen LogP contribution in [-0.4, -0.2) is 12.6 Å². The molecule has 1 aromatic heterocycles. The van der Waals surface area contributed by atoms with Crippen LogP contribution in [-0.2, 0) is 9.53 Å². The molecule has 100 valence electrons.